The Bertz CT molecular complexity index is 1260. The predicted molar refractivity (Wildman–Crippen MR) is 112 cm³/mol. The van der Waals surface area contributed by atoms with E-state index in [0.29, 0.717) is 27.1 Å². The van der Waals surface area contributed by atoms with Gasteiger partial charge in [-0.25, -0.2) is 0 Å². The average molecular weight is 404 g/mol. The molecule has 0 saturated carbocycles. The quantitative estimate of drug-likeness (QED) is 0.613. The fourth-order valence-corrected chi connectivity index (χ4v) is 4.58. The first-order valence-corrected chi connectivity index (χ1v) is 10.3. The second-order valence-electron chi connectivity index (χ2n) is 6.79. The van der Waals surface area contributed by atoms with E-state index in [0.717, 1.165) is 43.6 Å². The van der Waals surface area contributed by atoms with E-state index in [1.165, 1.54) is 11.3 Å². The highest BCUT2D eigenvalue weighted by atomic mass is 32.1. The molecule has 3 aromatic heterocycles. The molecule has 3 aromatic rings. The van der Waals surface area contributed by atoms with Gasteiger partial charge in [0, 0.05) is 31.9 Å². The van der Waals surface area contributed by atoms with Crippen LogP contribution in [0.1, 0.15) is 36.5 Å². The van der Waals surface area contributed by atoms with Gasteiger partial charge in [0.05, 0.1) is 4.53 Å². The largest absolute Gasteiger partial charge is 0.310 e. The predicted octanol–water partition coefficient (Wildman–Crippen LogP) is 1.36. The van der Waals surface area contributed by atoms with Crippen LogP contribution in [0.2, 0.25) is 0 Å². The van der Waals surface area contributed by atoms with Gasteiger partial charge in [-0.3, -0.25) is 14.3 Å². The lowest BCUT2D eigenvalue weighted by Crippen LogP contribution is -2.32. The topological polar surface area (TPSA) is 89.4 Å². The van der Waals surface area contributed by atoms with Crippen LogP contribution in [0, 0.1) is 11.3 Å². The zero-order valence-corrected chi connectivity index (χ0v) is 16.7. The molecule has 4 rings (SSSR count). The van der Waals surface area contributed by atoms with Crippen LogP contribution in [0.25, 0.3) is 11.6 Å². The number of thiazole rings is 1. The summed E-state index contributed by atoms with van der Waals surface area (Å²) in [4.78, 5) is 17.0. The van der Waals surface area contributed by atoms with Gasteiger partial charge in [-0.05, 0) is 36.6 Å². The summed E-state index contributed by atoms with van der Waals surface area (Å²) in [6, 6.07) is 5.95. The lowest BCUT2D eigenvalue weighted by Gasteiger charge is -2.06. The van der Waals surface area contributed by atoms with Crippen molar-refractivity contribution in [2.24, 2.45) is 0 Å². The van der Waals surface area contributed by atoms with Crippen molar-refractivity contribution >= 4 is 23.0 Å². The summed E-state index contributed by atoms with van der Waals surface area (Å²) in [6.45, 7) is 4.87. The van der Waals surface area contributed by atoms with Gasteiger partial charge >= 0.3 is 0 Å². The Balaban J connectivity index is 1.99. The van der Waals surface area contributed by atoms with Gasteiger partial charge in [0.1, 0.15) is 22.1 Å². The molecule has 7 nitrogen and oxygen atoms in total. The highest BCUT2D eigenvalue weighted by molar-refractivity contribution is 7.07. The number of hydrogen-bond donors (Lipinski definition) is 0. The number of aryl methyl sites for hydroxylation is 1. The Kier molecular flexibility index (Phi) is 5.49. The molecular weight excluding hydrogens is 384 g/mol. The van der Waals surface area contributed by atoms with Crippen molar-refractivity contribution in [2.75, 3.05) is 0 Å². The third kappa shape index (κ3) is 3.69. The molecule has 1 aliphatic heterocycles. The summed E-state index contributed by atoms with van der Waals surface area (Å²) in [5, 5.41) is 18.6. The maximum atomic E-state index is 13.0. The molecule has 0 spiro atoms. The second-order valence-corrected chi connectivity index (χ2v) is 7.82. The van der Waals surface area contributed by atoms with E-state index in [-0.39, 0.29) is 5.56 Å². The molecule has 0 fully saturated rings. The molecule has 0 N–H and O–H groups in total. The van der Waals surface area contributed by atoms with Gasteiger partial charge in [-0.1, -0.05) is 12.5 Å². The number of hydrogen-bond acceptors (Lipinski definition) is 6. The van der Waals surface area contributed by atoms with E-state index in [4.69, 9.17) is 0 Å². The van der Waals surface area contributed by atoms with Gasteiger partial charge in [0.2, 0.25) is 0 Å². The number of rotatable bonds is 4. The summed E-state index contributed by atoms with van der Waals surface area (Å²) in [6.07, 6.45) is 10.9. The highest BCUT2D eigenvalue weighted by Gasteiger charge is 2.20. The lowest BCUT2D eigenvalue weighted by molar-refractivity contribution is 0.626. The molecule has 0 atom stereocenters. The minimum absolute atomic E-state index is 0.148. The molecule has 0 saturated heterocycles. The van der Waals surface area contributed by atoms with E-state index in [1.54, 1.807) is 23.0 Å². The van der Waals surface area contributed by atoms with Crippen molar-refractivity contribution in [2.45, 2.75) is 38.8 Å². The molecule has 0 radical (unpaired) electrons. The first-order valence-electron chi connectivity index (χ1n) is 9.52. The SMILES string of the molecule is C=CCn1c(=O)/c(=C/c2ccncc2)s/c1=C(/C#N)c1nnc2n1CCCCC2. The summed E-state index contributed by atoms with van der Waals surface area (Å²) in [7, 11) is 0. The van der Waals surface area contributed by atoms with Crippen LogP contribution < -0.4 is 14.8 Å². The minimum atomic E-state index is -0.148. The molecule has 0 bridgehead atoms. The maximum absolute atomic E-state index is 13.0. The third-order valence-corrected chi connectivity index (χ3v) is 6.01. The highest BCUT2D eigenvalue weighted by Crippen LogP contribution is 2.18. The number of allylic oxidation sites excluding steroid dienone is 1. The Morgan fingerprint density at radius 2 is 2.10 bits per heavy atom. The molecule has 8 heteroatoms. The molecule has 0 aliphatic carbocycles. The van der Waals surface area contributed by atoms with Crippen molar-refractivity contribution in [1.29, 1.82) is 5.26 Å². The maximum Gasteiger partial charge on any atom is 0.269 e. The molecule has 29 heavy (non-hydrogen) atoms. The Labute approximate surface area is 171 Å². The minimum Gasteiger partial charge on any atom is -0.310 e. The van der Waals surface area contributed by atoms with Crippen molar-refractivity contribution in [3.63, 3.8) is 0 Å². The van der Waals surface area contributed by atoms with Gasteiger partial charge in [0.25, 0.3) is 5.56 Å². The van der Waals surface area contributed by atoms with Crippen LogP contribution >= 0.6 is 11.3 Å². The van der Waals surface area contributed by atoms with E-state index >= 15 is 0 Å². The van der Waals surface area contributed by atoms with Crippen molar-refractivity contribution in [3.8, 4) is 6.07 Å². The Morgan fingerprint density at radius 3 is 2.86 bits per heavy atom. The van der Waals surface area contributed by atoms with Crippen LogP contribution in [-0.4, -0.2) is 24.3 Å². The Hall–Kier alpha value is -3.31. The van der Waals surface area contributed by atoms with Crippen LogP contribution in [-0.2, 0) is 19.5 Å². The van der Waals surface area contributed by atoms with Gasteiger partial charge < -0.3 is 4.57 Å². The number of nitrogens with zero attached hydrogens (tertiary/aromatic N) is 6. The molecule has 4 heterocycles. The number of aromatic nitrogens is 5. The zero-order valence-electron chi connectivity index (χ0n) is 15.9. The van der Waals surface area contributed by atoms with Crippen molar-refractivity contribution < 1.29 is 0 Å². The fraction of sp³-hybridized carbons (Fsp3) is 0.286. The van der Waals surface area contributed by atoms with E-state index in [2.05, 4.69) is 27.8 Å². The molecular formula is C21H20N6OS. The molecule has 0 amide bonds. The van der Waals surface area contributed by atoms with E-state index in [1.807, 2.05) is 22.8 Å². The lowest BCUT2D eigenvalue weighted by atomic mass is 10.2. The summed E-state index contributed by atoms with van der Waals surface area (Å²) in [5.74, 6) is 1.45. The summed E-state index contributed by atoms with van der Waals surface area (Å²) >= 11 is 1.29. The van der Waals surface area contributed by atoms with Crippen molar-refractivity contribution in [3.05, 3.63) is 73.9 Å². The average Bonchev–Trinajstić information content (AvgIpc) is 3.16. The van der Waals surface area contributed by atoms with Gasteiger partial charge in [-0.15, -0.1) is 28.1 Å². The number of pyridine rings is 1. The van der Waals surface area contributed by atoms with Crippen molar-refractivity contribution in [1.82, 2.24) is 24.3 Å². The second kappa shape index (κ2) is 8.37. The number of fused-ring (bicyclic) bond motifs is 1. The van der Waals surface area contributed by atoms with Crippen LogP contribution in [0.3, 0.4) is 0 Å². The van der Waals surface area contributed by atoms with Crippen LogP contribution in [0.4, 0.5) is 0 Å². The standard InChI is InChI=1S/C21H20N6OS/c1-2-11-27-20(28)17(13-15-7-9-23-10-8-15)29-21(27)16(14-22)19-25-24-18-6-4-3-5-12-26(18)19/h2,7-10,13H,1,3-6,11-12H2/b17-13-,21-16-. The number of nitriles is 1. The molecule has 1 aliphatic rings. The van der Waals surface area contributed by atoms with E-state index in [9.17, 15) is 10.1 Å². The molecule has 146 valence electrons. The third-order valence-electron chi connectivity index (χ3n) is 4.88. The van der Waals surface area contributed by atoms with E-state index < -0.39 is 0 Å². The zero-order chi connectivity index (χ0) is 20.2. The van der Waals surface area contributed by atoms with Crippen LogP contribution in [0.5, 0.6) is 0 Å². The fourth-order valence-electron chi connectivity index (χ4n) is 3.47. The van der Waals surface area contributed by atoms with Gasteiger partial charge in [-0.2, -0.15) is 5.26 Å². The molecule has 0 unspecified atom stereocenters. The first kappa shape index (κ1) is 19.0. The van der Waals surface area contributed by atoms with Gasteiger partial charge in [0.15, 0.2) is 5.82 Å². The Morgan fingerprint density at radius 1 is 1.28 bits per heavy atom. The van der Waals surface area contributed by atoms with Crippen LogP contribution in [0.15, 0.2) is 42.0 Å². The normalized spacial score (nSPS) is 15.3. The monoisotopic (exact) mass is 404 g/mol. The summed E-state index contributed by atoms with van der Waals surface area (Å²) < 4.78 is 4.75. The first-order chi connectivity index (χ1) is 14.2. The summed E-state index contributed by atoms with van der Waals surface area (Å²) in [5.41, 5.74) is 1.11. The molecule has 0 aromatic carbocycles. The smallest absolute Gasteiger partial charge is 0.269 e.